The third-order valence-electron chi connectivity index (χ3n) is 5.82. The first-order chi connectivity index (χ1) is 17.8. The highest BCUT2D eigenvalue weighted by molar-refractivity contribution is 7.98. The summed E-state index contributed by atoms with van der Waals surface area (Å²) in [6.45, 7) is 4.29. The maximum Gasteiger partial charge on any atom is 0.191 e. The van der Waals surface area contributed by atoms with Gasteiger partial charge in [0.25, 0.3) is 0 Å². The number of hydrogen-bond donors (Lipinski definition) is 4. The smallest absolute Gasteiger partial charge is 0.191 e. The molecule has 2 aromatic carbocycles. The Balaban J connectivity index is 1.37. The van der Waals surface area contributed by atoms with Gasteiger partial charge in [0, 0.05) is 35.0 Å². The lowest BCUT2D eigenvalue weighted by Crippen LogP contribution is -2.35. The van der Waals surface area contributed by atoms with Crippen LogP contribution in [0.4, 0.5) is 19.7 Å². The summed E-state index contributed by atoms with van der Waals surface area (Å²) in [6.07, 6.45) is 2.84. The van der Waals surface area contributed by atoms with Gasteiger partial charge in [0.1, 0.15) is 4.70 Å². The first-order valence-corrected chi connectivity index (χ1v) is 13.6. The van der Waals surface area contributed by atoms with Crippen LogP contribution in [0.1, 0.15) is 25.0 Å². The molecule has 0 saturated heterocycles. The minimum atomic E-state index is -0.885. The fourth-order valence-electron chi connectivity index (χ4n) is 3.83. The molecule has 0 aliphatic rings. The van der Waals surface area contributed by atoms with Crippen molar-refractivity contribution in [1.29, 1.82) is 0 Å². The van der Waals surface area contributed by atoms with E-state index in [1.165, 1.54) is 46.2 Å². The number of fused-ring (bicyclic) bond motifs is 2. The predicted molar refractivity (Wildman–Crippen MR) is 146 cm³/mol. The zero-order valence-corrected chi connectivity index (χ0v) is 21.9. The highest BCUT2D eigenvalue weighted by Gasteiger charge is 2.22. The van der Waals surface area contributed by atoms with Crippen molar-refractivity contribution in [3.63, 3.8) is 0 Å². The third-order valence-corrected chi connectivity index (χ3v) is 7.72. The van der Waals surface area contributed by atoms with Crippen LogP contribution in [-0.2, 0) is 12.2 Å². The first-order valence-electron chi connectivity index (χ1n) is 11.7. The molecule has 37 heavy (non-hydrogen) atoms. The number of thioether (sulfide) groups is 1. The molecule has 0 fully saturated rings. The molecule has 3 aromatic heterocycles. The van der Waals surface area contributed by atoms with E-state index < -0.39 is 17.2 Å². The second kappa shape index (κ2) is 10.6. The van der Waals surface area contributed by atoms with E-state index in [0.29, 0.717) is 28.3 Å². The summed E-state index contributed by atoms with van der Waals surface area (Å²) in [7, 11) is 0. The van der Waals surface area contributed by atoms with Gasteiger partial charge in [0.2, 0.25) is 0 Å². The Labute approximate surface area is 220 Å². The van der Waals surface area contributed by atoms with Crippen molar-refractivity contribution in [3.05, 3.63) is 71.4 Å². The first kappa shape index (κ1) is 25.4. The molecule has 4 N–H and O–H groups in total. The van der Waals surface area contributed by atoms with Crippen molar-refractivity contribution in [1.82, 2.24) is 19.9 Å². The molecule has 7 nitrogen and oxygen atoms in total. The van der Waals surface area contributed by atoms with E-state index in [1.54, 1.807) is 0 Å². The third kappa shape index (κ3) is 5.68. The molecule has 11 heteroatoms. The van der Waals surface area contributed by atoms with E-state index in [1.807, 2.05) is 32.2 Å². The second-order valence-corrected chi connectivity index (χ2v) is 11.2. The quantitative estimate of drug-likeness (QED) is 0.128. The van der Waals surface area contributed by atoms with Crippen LogP contribution in [0.2, 0.25) is 0 Å². The molecule has 5 rings (SSSR count). The van der Waals surface area contributed by atoms with Gasteiger partial charge in [-0.15, -0.1) is 0 Å². The average molecular weight is 541 g/mol. The highest BCUT2D eigenvalue weighted by atomic mass is 32.2. The molecule has 0 aliphatic heterocycles. The van der Waals surface area contributed by atoms with Gasteiger partial charge in [-0.1, -0.05) is 53.4 Å². The van der Waals surface area contributed by atoms with E-state index in [-0.39, 0.29) is 17.9 Å². The number of benzene rings is 2. The summed E-state index contributed by atoms with van der Waals surface area (Å²) in [5.41, 5.74) is 2.42. The lowest BCUT2D eigenvalue weighted by molar-refractivity contribution is 0.234. The van der Waals surface area contributed by atoms with Crippen molar-refractivity contribution in [2.24, 2.45) is 0 Å². The maximum absolute atomic E-state index is 14.1. The molecule has 0 atom stereocenters. The summed E-state index contributed by atoms with van der Waals surface area (Å²) in [6, 6.07) is 12.3. The van der Waals surface area contributed by atoms with Crippen LogP contribution >= 0.6 is 23.1 Å². The number of aliphatic hydroxyl groups is 1. The monoisotopic (exact) mass is 540 g/mol. The largest absolute Gasteiger partial charge is 0.394 e. The molecule has 192 valence electrons. The zero-order chi connectivity index (χ0) is 26.0. The number of aromatic nitrogens is 4. The van der Waals surface area contributed by atoms with Gasteiger partial charge in [-0.25, -0.2) is 18.7 Å². The van der Waals surface area contributed by atoms with Gasteiger partial charge in [0.05, 0.1) is 12.1 Å². The zero-order valence-electron chi connectivity index (χ0n) is 20.3. The lowest BCUT2D eigenvalue weighted by atomic mass is 10.1. The summed E-state index contributed by atoms with van der Waals surface area (Å²) in [5, 5.41) is 18.7. The number of nitrogens with one attached hydrogen (secondary N) is 3. The molecule has 3 heterocycles. The van der Waals surface area contributed by atoms with Gasteiger partial charge in [0.15, 0.2) is 33.4 Å². The average Bonchev–Trinajstić information content (AvgIpc) is 3.49. The second-order valence-electron chi connectivity index (χ2n) is 9.23. The minimum absolute atomic E-state index is 0.107. The summed E-state index contributed by atoms with van der Waals surface area (Å²) in [4.78, 5) is 17.1. The van der Waals surface area contributed by atoms with Crippen LogP contribution < -0.4 is 10.6 Å². The Morgan fingerprint density at radius 1 is 1.05 bits per heavy atom. The number of hydrogen-bond acceptors (Lipinski definition) is 8. The lowest BCUT2D eigenvalue weighted by Gasteiger charge is -2.24. The van der Waals surface area contributed by atoms with Crippen LogP contribution in [0.25, 0.3) is 21.3 Å². The van der Waals surface area contributed by atoms with Gasteiger partial charge in [-0.3, -0.25) is 0 Å². The van der Waals surface area contributed by atoms with Crippen LogP contribution in [0, 0.1) is 11.6 Å². The van der Waals surface area contributed by atoms with E-state index in [9.17, 15) is 13.9 Å². The van der Waals surface area contributed by atoms with Crippen LogP contribution in [0.5, 0.6) is 0 Å². The molecule has 0 spiro atoms. The van der Waals surface area contributed by atoms with Crippen molar-refractivity contribution >= 4 is 55.3 Å². The van der Waals surface area contributed by atoms with E-state index in [4.69, 9.17) is 0 Å². The fourth-order valence-corrected chi connectivity index (χ4v) is 5.52. The Morgan fingerprint density at radius 3 is 2.73 bits per heavy atom. The van der Waals surface area contributed by atoms with E-state index in [2.05, 4.69) is 42.7 Å². The molecule has 5 aromatic rings. The predicted octanol–water partition coefficient (Wildman–Crippen LogP) is 5.98. The number of para-hydroxylation sites is 1. The number of halogens is 2. The van der Waals surface area contributed by atoms with E-state index >= 15 is 0 Å². The Morgan fingerprint density at radius 2 is 1.89 bits per heavy atom. The fraction of sp³-hybridized carbons (Fsp3) is 0.269. The summed E-state index contributed by atoms with van der Waals surface area (Å²) < 4.78 is 28.5. The standard InChI is InChI=1S/C26H26F2N6OS2/c1-26(2,14-35)34-23-21-22(32-25(33-23)36-13-16-6-5-8-18(27)20(16)28)31-24(37-21)29-11-10-15-12-30-19-9-4-3-7-17(15)19/h3-9,12,30,35H,10-11,13-14H2,1-2H3,(H2,29,31,32,33,34). The topological polar surface area (TPSA) is 98.8 Å². The summed E-state index contributed by atoms with van der Waals surface area (Å²) in [5.74, 6) is -1.05. The molecule has 0 unspecified atom stereocenters. The van der Waals surface area contributed by atoms with Crippen molar-refractivity contribution in [3.8, 4) is 0 Å². The number of H-pyrrole nitrogens is 1. The normalized spacial score (nSPS) is 11.9. The Hall–Kier alpha value is -3.28. The highest BCUT2D eigenvalue weighted by Crippen LogP contribution is 2.34. The van der Waals surface area contributed by atoms with Gasteiger partial charge >= 0.3 is 0 Å². The minimum Gasteiger partial charge on any atom is -0.394 e. The van der Waals surface area contributed by atoms with E-state index in [0.717, 1.165) is 22.7 Å². The molecular formula is C26H26F2N6OS2. The van der Waals surface area contributed by atoms with Crippen molar-refractivity contribution < 1.29 is 13.9 Å². The maximum atomic E-state index is 14.1. The molecule has 0 aliphatic carbocycles. The number of thiazole rings is 1. The number of anilines is 2. The Kier molecular flexibility index (Phi) is 7.27. The number of rotatable bonds is 10. The van der Waals surface area contributed by atoms with Crippen LogP contribution in [0.15, 0.2) is 53.8 Å². The van der Waals surface area contributed by atoms with Crippen LogP contribution in [-0.4, -0.2) is 43.7 Å². The molecule has 0 amide bonds. The van der Waals surface area contributed by atoms with Crippen molar-refractivity contribution in [2.45, 2.75) is 36.7 Å². The molecular weight excluding hydrogens is 514 g/mol. The molecule has 0 saturated carbocycles. The molecule has 0 bridgehead atoms. The SMILES string of the molecule is CC(C)(CO)Nc1nc(SCc2cccc(F)c2F)nc2nc(NCCc3c[nH]c4ccccc34)sc12. The molecule has 0 radical (unpaired) electrons. The van der Waals surface area contributed by atoms with Gasteiger partial charge in [-0.05, 0) is 38.0 Å². The van der Waals surface area contributed by atoms with Gasteiger partial charge < -0.3 is 20.7 Å². The number of aliphatic hydroxyl groups excluding tert-OH is 1. The Bertz CT molecular complexity index is 1550. The number of nitrogens with zero attached hydrogens (tertiary/aromatic N) is 3. The van der Waals surface area contributed by atoms with Gasteiger partial charge in [-0.2, -0.15) is 4.98 Å². The van der Waals surface area contributed by atoms with Crippen molar-refractivity contribution in [2.75, 3.05) is 23.8 Å². The summed E-state index contributed by atoms with van der Waals surface area (Å²) >= 11 is 2.62. The van der Waals surface area contributed by atoms with Crippen LogP contribution in [0.3, 0.4) is 0 Å². The number of aromatic amines is 1.